The van der Waals surface area contributed by atoms with Crippen LogP contribution in [0.5, 0.6) is 0 Å². The first kappa shape index (κ1) is 16.4. The van der Waals surface area contributed by atoms with Crippen LogP contribution in [-0.4, -0.2) is 47.1 Å². The van der Waals surface area contributed by atoms with Crippen molar-refractivity contribution in [1.82, 2.24) is 14.9 Å². The molecule has 3 aromatic rings. The molecule has 0 bridgehead atoms. The van der Waals surface area contributed by atoms with Gasteiger partial charge < -0.3 is 9.64 Å². The first-order valence-corrected chi connectivity index (χ1v) is 9.81. The lowest BCUT2D eigenvalue weighted by Gasteiger charge is -2.26. The lowest BCUT2D eigenvalue weighted by Crippen LogP contribution is -2.41. The molecule has 0 aromatic carbocycles. The van der Waals surface area contributed by atoms with Gasteiger partial charge in [0.05, 0.1) is 35.9 Å². The number of pyridine rings is 1. The van der Waals surface area contributed by atoms with Crippen molar-refractivity contribution in [2.45, 2.75) is 6.42 Å². The maximum atomic E-state index is 12.4. The van der Waals surface area contributed by atoms with Crippen LogP contribution < -0.4 is 0 Å². The van der Waals surface area contributed by atoms with Crippen LogP contribution >= 0.6 is 22.7 Å². The van der Waals surface area contributed by atoms with Crippen LogP contribution in [0, 0.1) is 0 Å². The molecular formula is C18H17N3O2S2. The van der Waals surface area contributed by atoms with Gasteiger partial charge in [0.2, 0.25) is 5.91 Å². The number of nitrogens with zero attached hydrogens (tertiary/aromatic N) is 3. The third-order valence-electron chi connectivity index (χ3n) is 3.99. The van der Waals surface area contributed by atoms with E-state index < -0.39 is 0 Å². The van der Waals surface area contributed by atoms with Crippen molar-refractivity contribution in [3.8, 4) is 21.3 Å². The fraction of sp³-hybridized carbons (Fsp3) is 0.278. The molecule has 1 aliphatic heterocycles. The number of rotatable bonds is 4. The van der Waals surface area contributed by atoms with E-state index in [0.717, 1.165) is 26.1 Å². The normalized spacial score (nSPS) is 14.6. The number of hydrogen-bond donors (Lipinski definition) is 0. The molecule has 5 nitrogen and oxygen atoms in total. The summed E-state index contributed by atoms with van der Waals surface area (Å²) in [6.45, 7) is 2.65. The molecule has 0 atom stereocenters. The molecule has 1 saturated heterocycles. The minimum atomic E-state index is 0.171. The molecule has 0 aliphatic carbocycles. The van der Waals surface area contributed by atoms with Crippen LogP contribution in [0.25, 0.3) is 21.3 Å². The predicted octanol–water partition coefficient (Wildman–Crippen LogP) is 3.33. The van der Waals surface area contributed by atoms with Crippen LogP contribution in [0.1, 0.15) is 4.88 Å². The summed E-state index contributed by atoms with van der Waals surface area (Å²) < 4.78 is 5.30. The van der Waals surface area contributed by atoms with E-state index in [4.69, 9.17) is 4.74 Å². The molecule has 7 heteroatoms. The zero-order chi connectivity index (χ0) is 17.1. The van der Waals surface area contributed by atoms with Crippen molar-refractivity contribution < 1.29 is 9.53 Å². The molecule has 3 aromatic heterocycles. The van der Waals surface area contributed by atoms with Crippen LogP contribution in [-0.2, 0) is 16.0 Å². The van der Waals surface area contributed by atoms with Crippen LogP contribution in [0.15, 0.2) is 41.9 Å². The average molecular weight is 371 g/mol. The molecule has 4 heterocycles. The maximum absolute atomic E-state index is 12.4. The average Bonchev–Trinajstić information content (AvgIpc) is 3.32. The highest BCUT2D eigenvalue weighted by Gasteiger charge is 2.18. The Morgan fingerprint density at radius 3 is 2.84 bits per heavy atom. The topological polar surface area (TPSA) is 55.3 Å². The Kier molecular flexibility index (Phi) is 4.87. The van der Waals surface area contributed by atoms with Gasteiger partial charge in [0.1, 0.15) is 5.01 Å². The molecule has 25 heavy (non-hydrogen) atoms. The molecule has 0 unspecified atom stereocenters. The Balaban J connectivity index is 1.46. The molecular weight excluding hydrogens is 354 g/mol. The quantitative estimate of drug-likeness (QED) is 0.706. The van der Waals surface area contributed by atoms with Gasteiger partial charge in [0, 0.05) is 29.5 Å². The molecule has 0 radical (unpaired) electrons. The molecule has 1 fully saturated rings. The highest BCUT2D eigenvalue weighted by atomic mass is 32.1. The Labute approximate surface area is 153 Å². The molecule has 4 rings (SSSR count). The van der Waals surface area contributed by atoms with Gasteiger partial charge in [-0.05, 0) is 24.3 Å². The summed E-state index contributed by atoms with van der Waals surface area (Å²) in [6.07, 6.45) is 2.22. The third-order valence-corrected chi connectivity index (χ3v) is 5.96. The van der Waals surface area contributed by atoms with Crippen molar-refractivity contribution in [1.29, 1.82) is 0 Å². The Morgan fingerprint density at radius 1 is 1.16 bits per heavy atom. The first-order chi connectivity index (χ1) is 12.3. The lowest BCUT2D eigenvalue weighted by atomic mass is 10.3. The largest absolute Gasteiger partial charge is 0.378 e. The smallest absolute Gasteiger partial charge is 0.227 e. The van der Waals surface area contributed by atoms with Crippen LogP contribution in [0.3, 0.4) is 0 Å². The van der Waals surface area contributed by atoms with Crippen molar-refractivity contribution in [2.24, 2.45) is 0 Å². The molecule has 0 spiro atoms. The Hall–Kier alpha value is -2.09. The highest BCUT2D eigenvalue weighted by Crippen LogP contribution is 2.32. The van der Waals surface area contributed by atoms with E-state index in [1.54, 1.807) is 28.9 Å². The Morgan fingerprint density at radius 2 is 2.04 bits per heavy atom. The molecule has 0 N–H and O–H groups in total. The van der Waals surface area contributed by atoms with Gasteiger partial charge in [-0.25, -0.2) is 4.98 Å². The van der Waals surface area contributed by atoms with Crippen molar-refractivity contribution in [2.75, 3.05) is 26.3 Å². The van der Waals surface area contributed by atoms with E-state index in [1.165, 1.54) is 0 Å². The van der Waals surface area contributed by atoms with Gasteiger partial charge in [0.15, 0.2) is 0 Å². The monoisotopic (exact) mass is 371 g/mol. The standard InChI is InChI=1S/C18H17N3O2S2/c22-17(21-7-9-23-10-8-21)11-13-4-5-16(25-13)15-12-24-18(20-15)14-3-1-2-6-19-14/h1-6,12H,7-11H2. The number of carbonyl (C=O) groups excluding carboxylic acids is 1. The van der Waals surface area contributed by atoms with Crippen molar-refractivity contribution in [3.05, 3.63) is 46.8 Å². The minimum Gasteiger partial charge on any atom is -0.378 e. The second-order valence-electron chi connectivity index (χ2n) is 5.69. The summed E-state index contributed by atoms with van der Waals surface area (Å²) in [4.78, 5) is 25.4. The fourth-order valence-electron chi connectivity index (χ4n) is 2.68. The third kappa shape index (κ3) is 3.78. The van der Waals surface area contributed by atoms with Gasteiger partial charge in [-0.15, -0.1) is 22.7 Å². The maximum Gasteiger partial charge on any atom is 0.227 e. The number of morpholine rings is 1. The number of amides is 1. The zero-order valence-electron chi connectivity index (χ0n) is 13.6. The summed E-state index contributed by atoms with van der Waals surface area (Å²) >= 11 is 3.22. The van der Waals surface area contributed by atoms with E-state index in [9.17, 15) is 4.79 Å². The number of thiophene rings is 1. The second kappa shape index (κ2) is 7.43. The highest BCUT2D eigenvalue weighted by molar-refractivity contribution is 7.16. The number of thiazole rings is 1. The van der Waals surface area contributed by atoms with Gasteiger partial charge in [-0.1, -0.05) is 6.07 Å². The molecule has 128 valence electrons. The second-order valence-corrected chi connectivity index (χ2v) is 7.72. The van der Waals surface area contributed by atoms with Gasteiger partial charge in [0.25, 0.3) is 0 Å². The van der Waals surface area contributed by atoms with Crippen LogP contribution in [0.2, 0.25) is 0 Å². The number of hydrogen-bond acceptors (Lipinski definition) is 6. The summed E-state index contributed by atoms with van der Waals surface area (Å²) in [5.74, 6) is 0.171. The molecule has 1 aliphatic rings. The van der Waals surface area contributed by atoms with Gasteiger partial charge in [-0.2, -0.15) is 0 Å². The predicted molar refractivity (Wildman–Crippen MR) is 99.8 cm³/mol. The van der Waals surface area contributed by atoms with E-state index >= 15 is 0 Å². The van der Waals surface area contributed by atoms with Crippen molar-refractivity contribution in [3.63, 3.8) is 0 Å². The SMILES string of the molecule is O=C(Cc1ccc(-c2csc(-c3ccccn3)n2)s1)N1CCOCC1. The summed E-state index contributed by atoms with van der Waals surface area (Å²) in [7, 11) is 0. The number of aromatic nitrogens is 2. The first-order valence-electron chi connectivity index (χ1n) is 8.11. The van der Waals surface area contributed by atoms with E-state index in [-0.39, 0.29) is 5.91 Å². The van der Waals surface area contributed by atoms with Gasteiger partial charge >= 0.3 is 0 Å². The number of carbonyl (C=O) groups is 1. The number of ether oxygens (including phenoxy) is 1. The minimum absolute atomic E-state index is 0.171. The summed E-state index contributed by atoms with van der Waals surface area (Å²) in [5, 5.41) is 2.96. The summed E-state index contributed by atoms with van der Waals surface area (Å²) in [5.41, 5.74) is 1.83. The van der Waals surface area contributed by atoms with E-state index in [2.05, 4.69) is 9.97 Å². The fourth-order valence-corrected chi connectivity index (χ4v) is 4.51. The molecule has 0 saturated carbocycles. The molecule has 1 amide bonds. The summed E-state index contributed by atoms with van der Waals surface area (Å²) in [6, 6.07) is 9.89. The van der Waals surface area contributed by atoms with E-state index in [1.807, 2.05) is 40.6 Å². The Bertz CT molecular complexity index is 854. The van der Waals surface area contributed by atoms with Crippen molar-refractivity contribution >= 4 is 28.6 Å². The zero-order valence-corrected chi connectivity index (χ0v) is 15.2. The van der Waals surface area contributed by atoms with Crippen LogP contribution in [0.4, 0.5) is 0 Å². The lowest BCUT2D eigenvalue weighted by molar-refractivity contribution is -0.134. The van der Waals surface area contributed by atoms with E-state index in [0.29, 0.717) is 32.7 Å². The van der Waals surface area contributed by atoms with Gasteiger partial charge in [-0.3, -0.25) is 9.78 Å².